The fraction of sp³-hybridized carbons (Fsp3) is 0.333. The van der Waals surface area contributed by atoms with Crippen molar-refractivity contribution in [2.45, 2.75) is 26.2 Å². The van der Waals surface area contributed by atoms with E-state index in [0.29, 0.717) is 4.64 Å². The normalized spacial score (nSPS) is 11.7. The number of nitrogens with one attached hydrogen (secondary N) is 2. The minimum absolute atomic E-state index is 0.0316. The molecular weight excluding hydrogens is 218 g/mol. The lowest BCUT2D eigenvalue weighted by atomic mass is 9.95. The Morgan fingerprint density at radius 1 is 1.25 bits per heavy atom. The first kappa shape index (κ1) is 11.1. The Morgan fingerprint density at radius 3 is 2.56 bits per heavy atom. The second kappa shape index (κ2) is 3.87. The Morgan fingerprint density at radius 2 is 2.00 bits per heavy atom. The molecule has 0 bridgehead atoms. The molecule has 0 aromatic carbocycles. The van der Waals surface area contributed by atoms with E-state index in [1.54, 1.807) is 0 Å². The van der Waals surface area contributed by atoms with Gasteiger partial charge in [-0.15, -0.1) is 0 Å². The molecule has 2 aromatic rings. The summed E-state index contributed by atoms with van der Waals surface area (Å²) in [5.41, 5.74) is 1.98. The summed E-state index contributed by atoms with van der Waals surface area (Å²) in [7, 11) is 0. The Bertz CT molecular complexity index is 532. The van der Waals surface area contributed by atoms with Crippen molar-refractivity contribution >= 4 is 12.2 Å². The maximum absolute atomic E-state index is 5.18. The third-order valence-corrected chi connectivity index (χ3v) is 2.55. The highest BCUT2D eigenvalue weighted by molar-refractivity contribution is 7.71. The fourth-order valence-electron chi connectivity index (χ4n) is 1.46. The van der Waals surface area contributed by atoms with Crippen molar-refractivity contribution in [1.82, 2.24) is 15.0 Å². The van der Waals surface area contributed by atoms with Gasteiger partial charge >= 0.3 is 0 Å². The van der Waals surface area contributed by atoms with Gasteiger partial charge < -0.3 is 9.97 Å². The predicted molar refractivity (Wildman–Crippen MR) is 67.9 cm³/mol. The van der Waals surface area contributed by atoms with Crippen molar-refractivity contribution in [1.29, 1.82) is 0 Å². The van der Waals surface area contributed by atoms with Crippen LogP contribution in [0.2, 0.25) is 0 Å². The summed E-state index contributed by atoms with van der Waals surface area (Å²) in [6.07, 6.45) is 1.89. The van der Waals surface area contributed by atoms with Crippen molar-refractivity contribution in [3.05, 3.63) is 34.9 Å². The maximum Gasteiger partial charge on any atom is 0.130 e. The first-order valence-electron chi connectivity index (χ1n) is 5.22. The molecule has 2 aromatic heterocycles. The molecule has 2 N–H and O–H groups in total. The highest BCUT2D eigenvalue weighted by Crippen LogP contribution is 2.21. The second-order valence-electron chi connectivity index (χ2n) is 4.82. The van der Waals surface area contributed by atoms with E-state index in [1.165, 1.54) is 0 Å². The van der Waals surface area contributed by atoms with Crippen LogP contribution in [0.4, 0.5) is 0 Å². The molecule has 0 saturated heterocycles. The molecule has 0 atom stereocenters. The Kier molecular flexibility index (Phi) is 2.68. The van der Waals surface area contributed by atoms with Gasteiger partial charge in [0.05, 0.1) is 11.4 Å². The molecule has 2 heterocycles. The highest BCUT2D eigenvalue weighted by Gasteiger charge is 2.17. The minimum Gasteiger partial charge on any atom is -0.360 e. The van der Waals surface area contributed by atoms with Crippen LogP contribution in [0.15, 0.2) is 24.4 Å². The lowest BCUT2D eigenvalue weighted by Crippen LogP contribution is -2.16. The van der Waals surface area contributed by atoms with Crippen LogP contribution in [0.5, 0.6) is 0 Å². The molecule has 0 aliphatic rings. The maximum atomic E-state index is 5.18. The van der Waals surface area contributed by atoms with Crippen LogP contribution in [-0.2, 0) is 5.41 Å². The lowest BCUT2D eigenvalue weighted by Gasteiger charge is -2.18. The number of hydrogen-bond donors (Lipinski definition) is 2. The summed E-state index contributed by atoms with van der Waals surface area (Å²) in [4.78, 5) is 10.8. The van der Waals surface area contributed by atoms with E-state index in [-0.39, 0.29) is 5.41 Å². The molecule has 3 nitrogen and oxygen atoms in total. The van der Waals surface area contributed by atoms with E-state index >= 15 is 0 Å². The number of aromatic nitrogens is 3. The van der Waals surface area contributed by atoms with Gasteiger partial charge in [0.2, 0.25) is 0 Å². The van der Waals surface area contributed by atoms with Crippen LogP contribution in [0, 0.1) is 4.64 Å². The van der Waals surface area contributed by atoms with Gasteiger partial charge in [0.25, 0.3) is 0 Å². The number of hydrogen-bond acceptors (Lipinski definition) is 2. The first-order valence-corrected chi connectivity index (χ1v) is 5.63. The topological polar surface area (TPSA) is 44.5 Å². The van der Waals surface area contributed by atoms with Gasteiger partial charge in [-0.25, -0.2) is 4.98 Å². The summed E-state index contributed by atoms with van der Waals surface area (Å²) >= 11 is 5.18. The molecule has 0 aliphatic carbocycles. The number of nitrogens with zero attached hydrogens (tertiary/aromatic N) is 1. The molecular formula is C12H15N3S. The summed E-state index contributed by atoms with van der Waals surface area (Å²) < 4.78 is 0.619. The highest BCUT2D eigenvalue weighted by atomic mass is 32.1. The van der Waals surface area contributed by atoms with Crippen LogP contribution in [0.1, 0.15) is 26.6 Å². The largest absolute Gasteiger partial charge is 0.360 e. The fourth-order valence-corrected chi connectivity index (χ4v) is 1.66. The van der Waals surface area contributed by atoms with Gasteiger partial charge in [-0.05, 0) is 12.1 Å². The standard InChI is InChI=1S/C12H15N3S/c1-12(2,3)11-14-9(7-10(16)15-11)8-5-4-6-13-8/h4-7,13H,1-3H3,(H,14,15,16). The van der Waals surface area contributed by atoms with E-state index in [4.69, 9.17) is 12.2 Å². The Hall–Kier alpha value is -1.42. The van der Waals surface area contributed by atoms with Crippen molar-refractivity contribution in [2.24, 2.45) is 0 Å². The summed E-state index contributed by atoms with van der Waals surface area (Å²) in [5, 5.41) is 0. The third kappa shape index (κ3) is 2.22. The quantitative estimate of drug-likeness (QED) is 0.741. The molecule has 16 heavy (non-hydrogen) atoms. The summed E-state index contributed by atoms with van der Waals surface area (Å²) in [6.45, 7) is 6.33. The average molecular weight is 233 g/mol. The van der Waals surface area contributed by atoms with Gasteiger partial charge in [0.1, 0.15) is 10.5 Å². The van der Waals surface area contributed by atoms with Crippen molar-refractivity contribution in [2.75, 3.05) is 0 Å². The Balaban J connectivity index is 2.57. The van der Waals surface area contributed by atoms with E-state index < -0.39 is 0 Å². The van der Waals surface area contributed by atoms with Crippen LogP contribution < -0.4 is 0 Å². The predicted octanol–water partition coefficient (Wildman–Crippen LogP) is 3.43. The third-order valence-electron chi connectivity index (χ3n) is 2.34. The van der Waals surface area contributed by atoms with Crippen molar-refractivity contribution in [3.63, 3.8) is 0 Å². The summed E-state index contributed by atoms with van der Waals surface area (Å²) in [5.74, 6) is 0.907. The molecule has 4 heteroatoms. The van der Waals surface area contributed by atoms with Gasteiger partial charge in [0, 0.05) is 17.7 Å². The molecule has 0 spiro atoms. The molecule has 0 aliphatic heterocycles. The van der Waals surface area contributed by atoms with Crippen LogP contribution in [0.3, 0.4) is 0 Å². The average Bonchev–Trinajstić information content (AvgIpc) is 2.68. The molecule has 0 radical (unpaired) electrons. The zero-order chi connectivity index (χ0) is 11.8. The molecule has 0 fully saturated rings. The summed E-state index contributed by atoms with van der Waals surface area (Å²) in [6, 6.07) is 5.84. The lowest BCUT2D eigenvalue weighted by molar-refractivity contribution is 0.545. The van der Waals surface area contributed by atoms with Crippen LogP contribution in [0.25, 0.3) is 11.4 Å². The number of H-pyrrole nitrogens is 2. The van der Waals surface area contributed by atoms with Gasteiger partial charge in [-0.1, -0.05) is 33.0 Å². The molecule has 0 amide bonds. The number of rotatable bonds is 1. The van der Waals surface area contributed by atoms with Gasteiger partial charge in [-0.3, -0.25) is 0 Å². The van der Waals surface area contributed by atoms with Crippen molar-refractivity contribution in [3.8, 4) is 11.4 Å². The van der Waals surface area contributed by atoms with E-state index in [9.17, 15) is 0 Å². The van der Waals surface area contributed by atoms with Crippen molar-refractivity contribution < 1.29 is 0 Å². The van der Waals surface area contributed by atoms with E-state index in [1.807, 2.05) is 24.4 Å². The molecule has 84 valence electrons. The second-order valence-corrected chi connectivity index (χ2v) is 5.23. The van der Waals surface area contributed by atoms with Crippen LogP contribution >= 0.6 is 12.2 Å². The zero-order valence-corrected chi connectivity index (χ0v) is 10.5. The van der Waals surface area contributed by atoms with Gasteiger partial charge in [-0.2, -0.15) is 0 Å². The zero-order valence-electron chi connectivity index (χ0n) is 9.66. The van der Waals surface area contributed by atoms with E-state index in [2.05, 4.69) is 35.7 Å². The minimum atomic E-state index is -0.0316. The first-order chi connectivity index (χ1) is 7.47. The van der Waals surface area contributed by atoms with E-state index in [0.717, 1.165) is 17.2 Å². The smallest absolute Gasteiger partial charge is 0.130 e. The van der Waals surface area contributed by atoms with Gasteiger partial charge in [0.15, 0.2) is 0 Å². The molecule has 0 unspecified atom stereocenters. The molecule has 2 rings (SSSR count). The Labute approximate surface area is 100.0 Å². The molecule has 0 saturated carbocycles. The van der Waals surface area contributed by atoms with Crippen LogP contribution in [-0.4, -0.2) is 15.0 Å². The SMILES string of the molecule is CC(C)(C)c1nc(=S)cc(-c2ccc[nH]2)[nH]1. The monoisotopic (exact) mass is 233 g/mol. The number of aromatic amines is 2.